The smallest absolute Gasteiger partial charge is 0.220 e. The second-order valence-corrected chi connectivity index (χ2v) is 7.05. The zero-order chi connectivity index (χ0) is 19.2. The summed E-state index contributed by atoms with van der Waals surface area (Å²) in [7, 11) is 0. The fraction of sp³-hybridized carbons (Fsp3) is 0.160. The van der Waals surface area contributed by atoms with Crippen LogP contribution in [-0.4, -0.2) is 10.5 Å². The number of carbonyl (C=O) groups is 1. The molecule has 0 aliphatic heterocycles. The molecule has 0 unspecified atom stereocenters. The standard InChI is InChI=1S/C25H24N2O/c28-25(26-17-20-9-3-1-4-10-20)16-15-22-19-27(18-21-11-5-2-6-12-21)24-14-8-7-13-23(22)24/h1-14,19H,15-18H2,(H,26,28). The lowest BCUT2D eigenvalue weighted by Crippen LogP contribution is -2.22. The molecule has 0 spiro atoms. The van der Waals surface area contributed by atoms with Crippen molar-refractivity contribution in [3.63, 3.8) is 0 Å². The number of benzene rings is 3. The molecule has 3 nitrogen and oxygen atoms in total. The third kappa shape index (κ3) is 4.32. The number of hydrogen-bond acceptors (Lipinski definition) is 1. The monoisotopic (exact) mass is 368 g/mol. The van der Waals surface area contributed by atoms with E-state index >= 15 is 0 Å². The van der Waals surface area contributed by atoms with Crippen LogP contribution in [0.25, 0.3) is 10.9 Å². The Morgan fingerprint density at radius 3 is 2.18 bits per heavy atom. The lowest BCUT2D eigenvalue weighted by molar-refractivity contribution is -0.121. The summed E-state index contributed by atoms with van der Waals surface area (Å²) < 4.78 is 2.28. The molecule has 0 fully saturated rings. The molecule has 4 rings (SSSR count). The Balaban J connectivity index is 1.44. The lowest BCUT2D eigenvalue weighted by atomic mass is 10.1. The summed E-state index contributed by atoms with van der Waals surface area (Å²) in [5, 5.41) is 4.25. The summed E-state index contributed by atoms with van der Waals surface area (Å²) in [4.78, 5) is 12.3. The van der Waals surface area contributed by atoms with E-state index < -0.39 is 0 Å². The number of fused-ring (bicyclic) bond motifs is 1. The highest BCUT2D eigenvalue weighted by atomic mass is 16.1. The highest BCUT2D eigenvalue weighted by Gasteiger charge is 2.10. The Bertz CT molecular complexity index is 1050. The SMILES string of the molecule is O=C(CCc1cn(Cc2ccccc2)c2ccccc12)NCc1ccccc1. The molecule has 0 saturated heterocycles. The number of nitrogens with one attached hydrogen (secondary N) is 1. The van der Waals surface area contributed by atoms with E-state index in [1.165, 1.54) is 22.0 Å². The van der Waals surface area contributed by atoms with Gasteiger partial charge in [-0.15, -0.1) is 0 Å². The van der Waals surface area contributed by atoms with E-state index in [0.717, 1.165) is 18.5 Å². The Labute approximate surface area is 165 Å². The van der Waals surface area contributed by atoms with E-state index in [2.05, 4.69) is 64.6 Å². The molecule has 1 amide bonds. The largest absolute Gasteiger partial charge is 0.352 e. The number of aromatic nitrogens is 1. The summed E-state index contributed by atoms with van der Waals surface area (Å²) in [6.07, 6.45) is 3.43. The van der Waals surface area contributed by atoms with Gasteiger partial charge >= 0.3 is 0 Å². The van der Waals surface area contributed by atoms with E-state index in [4.69, 9.17) is 0 Å². The maximum atomic E-state index is 12.3. The van der Waals surface area contributed by atoms with E-state index in [-0.39, 0.29) is 5.91 Å². The molecule has 0 bridgehead atoms. The van der Waals surface area contributed by atoms with E-state index in [1.54, 1.807) is 0 Å². The Morgan fingerprint density at radius 2 is 1.43 bits per heavy atom. The zero-order valence-electron chi connectivity index (χ0n) is 15.8. The Morgan fingerprint density at radius 1 is 0.786 bits per heavy atom. The summed E-state index contributed by atoms with van der Waals surface area (Å²) in [5.74, 6) is 0.0868. The summed E-state index contributed by atoms with van der Waals surface area (Å²) in [6, 6.07) is 28.9. The zero-order valence-corrected chi connectivity index (χ0v) is 15.8. The van der Waals surface area contributed by atoms with Gasteiger partial charge in [0.15, 0.2) is 0 Å². The normalized spacial score (nSPS) is 10.9. The topological polar surface area (TPSA) is 34.0 Å². The van der Waals surface area contributed by atoms with Crippen LogP contribution in [0, 0.1) is 0 Å². The summed E-state index contributed by atoms with van der Waals surface area (Å²) in [6.45, 7) is 1.41. The van der Waals surface area contributed by atoms with Crippen LogP contribution in [0.3, 0.4) is 0 Å². The lowest BCUT2D eigenvalue weighted by Gasteiger charge is -2.05. The first kappa shape index (κ1) is 18.1. The summed E-state index contributed by atoms with van der Waals surface area (Å²) >= 11 is 0. The molecule has 4 aromatic rings. The van der Waals surface area contributed by atoms with Gasteiger partial charge in [0.1, 0.15) is 0 Å². The third-order valence-electron chi connectivity index (χ3n) is 5.02. The molecule has 3 aromatic carbocycles. The highest BCUT2D eigenvalue weighted by Crippen LogP contribution is 2.23. The van der Waals surface area contributed by atoms with Crippen molar-refractivity contribution >= 4 is 16.8 Å². The molecule has 1 N–H and O–H groups in total. The molecule has 1 aromatic heterocycles. The molecule has 28 heavy (non-hydrogen) atoms. The first-order valence-corrected chi connectivity index (χ1v) is 9.71. The molecule has 0 radical (unpaired) electrons. The van der Waals surface area contributed by atoms with Crippen molar-refractivity contribution in [2.24, 2.45) is 0 Å². The number of hydrogen-bond donors (Lipinski definition) is 1. The highest BCUT2D eigenvalue weighted by molar-refractivity contribution is 5.85. The molecule has 140 valence electrons. The fourth-order valence-corrected chi connectivity index (χ4v) is 3.57. The Kier molecular flexibility index (Phi) is 5.53. The van der Waals surface area contributed by atoms with E-state index in [1.807, 2.05) is 36.4 Å². The van der Waals surface area contributed by atoms with Crippen LogP contribution < -0.4 is 5.32 Å². The van der Waals surface area contributed by atoms with Crippen LogP contribution in [0.4, 0.5) is 0 Å². The maximum absolute atomic E-state index is 12.3. The van der Waals surface area contributed by atoms with Gasteiger partial charge in [0.05, 0.1) is 0 Å². The van der Waals surface area contributed by atoms with Gasteiger partial charge in [0.2, 0.25) is 5.91 Å². The van der Waals surface area contributed by atoms with Gasteiger partial charge in [-0.1, -0.05) is 78.9 Å². The number of para-hydroxylation sites is 1. The predicted octanol–water partition coefficient (Wildman–Crippen LogP) is 4.94. The van der Waals surface area contributed by atoms with Crippen LogP contribution in [0.2, 0.25) is 0 Å². The second kappa shape index (κ2) is 8.57. The van der Waals surface area contributed by atoms with Crippen molar-refractivity contribution in [1.82, 2.24) is 9.88 Å². The quantitative estimate of drug-likeness (QED) is 0.493. The number of rotatable bonds is 7. The van der Waals surface area contributed by atoms with Gasteiger partial charge in [-0.05, 0) is 29.2 Å². The average Bonchev–Trinajstić information content (AvgIpc) is 3.10. The molecule has 0 aliphatic carbocycles. The van der Waals surface area contributed by atoms with Crippen molar-refractivity contribution in [2.75, 3.05) is 0 Å². The van der Waals surface area contributed by atoms with E-state index in [0.29, 0.717) is 13.0 Å². The van der Waals surface area contributed by atoms with Crippen molar-refractivity contribution < 1.29 is 4.79 Å². The van der Waals surface area contributed by atoms with Gasteiger partial charge in [-0.25, -0.2) is 0 Å². The summed E-state index contributed by atoms with van der Waals surface area (Å²) in [5.41, 5.74) is 4.83. The van der Waals surface area contributed by atoms with Crippen molar-refractivity contribution in [3.8, 4) is 0 Å². The molecule has 0 atom stereocenters. The second-order valence-electron chi connectivity index (χ2n) is 7.05. The average molecular weight is 368 g/mol. The predicted molar refractivity (Wildman–Crippen MR) is 114 cm³/mol. The first-order chi connectivity index (χ1) is 13.8. The van der Waals surface area contributed by atoms with Crippen LogP contribution in [0.5, 0.6) is 0 Å². The minimum absolute atomic E-state index is 0.0868. The molecule has 3 heteroatoms. The molecule has 1 heterocycles. The number of nitrogens with zero attached hydrogens (tertiary/aromatic N) is 1. The molecule has 0 saturated carbocycles. The first-order valence-electron chi connectivity index (χ1n) is 9.71. The van der Waals surface area contributed by atoms with Gasteiger partial charge in [-0.3, -0.25) is 4.79 Å². The maximum Gasteiger partial charge on any atom is 0.220 e. The van der Waals surface area contributed by atoms with Gasteiger partial charge in [0.25, 0.3) is 0 Å². The van der Waals surface area contributed by atoms with Crippen LogP contribution in [0.15, 0.2) is 91.1 Å². The van der Waals surface area contributed by atoms with Gasteiger partial charge in [0, 0.05) is 36.6 Å². The fourth-order valence-electron chi connectivity index (χ4n) is 3.57. The van der Waals surface area contributed by atoms with Crippen LogP contribution in [0.1, 0.15) is 23.1 Å². The minimum Gasteiger partial charge on any atom is -0.352 e. The molecule has 0 aliphatic rings. The van der Waals surface area contributed by atoms with Gasteiger partial charge < -0.3 is 9.88 Å². The molecular formula is C25H24N2O. The van der Waals surface area contributed by atoms with Gasteiger partial charge in [-0.2, -0.15) is 0 Å². The number of amides is 1. The van der Waals surface area contributed by atoms with Crippen LogP contribution in [-0.2, 0) is 24.3 Å². The third-order valence-corrected chi connectivity index (χ3v) is 5.02. The van der Waals surface area contributed by atoms with E-state index in [9.17, 15) is 4.79 Å². The van der Waals surface area contributed by atoms with Crippen LogP contribution >= 0.6 is 0 Å². The van der Waals surface area contributed by atoms with Crippen molar-refractivity contribution in [3.05, 3.63) is 108 Å². The minimum atomic E-state index is 0.0868. The molecular weight excluding hydrogens is 344 g/mol. The van der Waals surface area contributed by atoms with Crippen molar-refractivity contribution in [1.29, 1.82) is 0 Å². The van der Waals surface area contributed by atoms with Crippen molar-refractivity contribution in [2.45, 2.75) is 25.9 Å². The number of carbonyl (C=O) groups excluding carboxylic acids is 1. The number of aryl methyl sites for hydroxylation is 1. The Hall–Kier alpha value is -3.33.